The standard InChI is InChI=1S/C24H30FN7O3S.H2S/c1-2-36(33,34)32-10-8-31(9-11-32)22-4-3-17(13-19(22)25)20-14-21-23(28-6-5-27-21)24(30-20)29-16-18-15-26-7-12-35-18;/h3-6,13-14,18,26H,2,7-12,15-16H2,1H3,(H,29,30);1H2/t18-;/m0./s1. The summed E-state index contributed by atoms with van der Waals surface area (Å²) in [6, 6.07) is 6.82. The average Bonchev–Trinajstić information content (AvgIpc) is 2.92. The normalized spacial score (nSPS) is 19.0. The van der Waals surface area contributed by atoms with Gasteiger partial charge in [0.05, 0.1) is 35.4 Å². The van der Waals surface area contributed by atoms with Crippen molar-refractivity contribution in [1.29, 1.82) is 0 Å². The molecular formula is C24H32FN7O3S2. The summed E-state index contributed by atoms with van der Waals surface area (Å²) in [6.45, 7) is 6.01. The van der Waals surface area contributed by atoms with E-state index in [1.165, 1.54) is 10.4 Å². The van der Waals surface area contributed by atoms with Gasteiger partial charge in [-0.15, -0.1) is 0 Å². The monoisotopic (exact) mass is 549 g/mol. The van der Waals surface area contributed by atoms with Crippen molar-refractivity contribution in [3.8, 4) is 11.3 Å². The number of nitrogens with zero attached hydrogens (tertiary/aromatic N) is 5. The number of ether oxygens (including phenoxy) is 1. The van der Waals surface area contributed by atoms with Crippen molar-refractivity contribution in [3.63, 3.8) is 0 Å². The van der Waals surface area contributed by atoms with Gasteiger partial charge in [-0.1, -0.05) is 6.07 Å². The number of aromatic nitrogens is 3. The first-order valence-corrected chi connectivity index (χ1v) is 13.8. The Labute approximate surface area is 223 Å². The fourth-order valence-corrected chi connectivity index (χ4v) is 5.60. The number of benzene rings is 1. The number of halogens is 1. The van der Waals surface area contributed by atoms with Crippen molar-refractivity contribution in [2.45, 2.75) is 13.0 Å². The van der Waals surface area contributed by atoms with Crippen molar-refractivity contribution in [2.24, 2.45) is 0 Å². The highest BCUT2D eigenvalue weighted by molar-refractivity contribution is 7.89. The Hall–Kier alpha value is -2.58. The third-order valence-electron chi connectivity index (χ3n) is 6.54. The molecule has 200 valence electrons. The molecule has 2 saturated heterocycles. The number of fused-ring (bicyclic) bond motifs is 1. The van der Waals surface area contributed by atoms with Gasteiger partial charge >= 0.3 is 0 Å². The molecule has 2 aliphatic rings. The molecule has 0 aliphatic carbocycles. The maximum Gasteiger partial charge on any atom is 0.213 e. The van der Waals surface area contributed by atoms with Gasteiger partial charge < -0.3 is 20.3 Å². The van der Waals surface area contributed by atoms with Crippen LogP contribution in [0.3, 0.4) is 0 Å². The fraction of sp³-hybridized carbons (Fsp3) is 0.458. The zero-order valence-electron chi connectivity index (χ0n) is 20.7. The number of piperazine rings is 1. The Kier molecular flexibility index (Phi) is 8.80. The van der Waals surface area contributed by atoms with E-state index >= 15 is 4.39 Å². The molecule has 0 spiro atoms. The highest BCUT2D eigenvalue weighted by Gasteiger charge is 2.26. The molecule has 2 aromatic heterocycles. The summed E-state index contributed by atoms with van der Waals surface area (Å²) in [4.78, 5) is 15.5. The third-order valence-corrected chi connectivity index (χ3v) is 8.42. The third kappa shape index (κ3) is 6.12. The Balaban J connectivity index is 0.00000320. The molecule has 0 radical (unpaired) electrons. The molecule has 1 aromatic carbocycles. The maximum absolute atomic E-state index is 15.3. The van der Waals surface area contributed by atoms with Gasteiger partial charge in [0.15, 0.2) is 5.82 Å². The van der Waals surface area contributed by atoms with Crippen LogP contribution in [0.25, 0.3) is 22.3 Å². The minimum absolute atomic E-state index is 0. The van der Waals surface area contributed by atoms with E-state index in [2.05, 4.69) is 20.6 Å². The summed E-state index contributed by atoms with van der Waals surface area (Å²) in [5.41, 5.74) is 2.95. The Morgan fingerprint density at radius 2 is 1.95 bits per heavy atom. The van der Waals surface area contributed by atoms with Crippen LogP contribution in [-0.2, 0) is 14.8 Å². The highest BCUT2D eigenvalue weighted by Crippen LogP contribution is 2.30. The van der Waals surface area contributed by atoms with Gasteiger partial charge in [0.1, 0.15) is 11.3 Å². The molecule has 0 bridgehead atoms. The van der Waals surface area contributed by atoms with Crippen LogP contribution in [0.2, 0.25) is 0 Å². The molecule has 37 heavy (non-hydrogen) atoms. The minimum Gasteiger partial charge on any atom is -0.374 e. The van der Waals surface area contributed by atoms with E-state index < -0.39 is 10.0 Å². The number of anilines is 2. The molecule has 0 unspecified atom stereocenters. The first-order valence-electron chi connectivity index (χ1n) is 12.2. The van der Waals surface area contributed by atoms with E-state index in [1.54, 1.807) is 31.5 Å². The summed E-state index contributed by atoms with van der Waals surface area (Å²) in [6.07, 6.45) is 3.25. The number of morpholine rings is 1. The molecule has 0 saturated carbocycles. The molecule has 1 atom stereocenters. The number of nitrogens with one attached hydrogen (secondary N) is 2. The predicted molar refractivity (Wildman–Crippen MR) is 147 cm³/mol. The van der Waals surface area contributed by atoms with Gasteiger partial charge in [0, 0.05) is 63.8 Å². The van der Waals surface area contributed by atoms with Gasteiger partial charge in [0.25, 0.3) is 0 Å². The van der Waals surface area contributed by atoms with Crippen LogP contribution in [0.5, 0.6) is 0 Å². The Morgan fingerprint density at radius 3 is 2.65 bits per heavy atom. The zero-order valence-corrected chi connectivity index (χ0v) is 22.5. The summed E-state index contributed by atoms with van der Waals surface area (Å²) < 4.78 is 46.7. The van der Waals surface area contributed by atoms with Crippen molar-refractivity contribution in [1.82, 2.24) is 24.6 Å². The lowest BCUT2D eigenvalue weighted by Gasteiger charge is -2.35. The van der Waals surface area contributed by atoms with Crippen LogP contribution in [0, 0.1) is 5.82 Å². The second kappa shape index (κ2) is 11.9. The predicted octanol–water partition coefficient (Wildman–Crippen LogP) is 1.82. The van der Waals surface area contributed by atoms with Crippen LogP contribution in [-0.4, -0.2) is 92.0 Å². The molecule has 2 aliphatic heterocycles. The molecule has 0 amide bonds. The quantitative estimate of drug-likeness (QED) is 0.456. The molecule has 5 rings (SSSR count). The van der Waals surface area contributed by atoms with Crippen LogP contribution in [0.1, 0.15) is 6.92 Å². The van der Waals surface area contributed by atoms with Gasteiger partial charge in [-0.2, -0.15) is 17.8 Å². The number of hydrogen-bond donors (Lipinski definition) is 2. The second-order valence-corrected chi connectivity index (χ2v) is 11.1. The lowest BCUT2D eigenvalue weighted by Crippen LogP contribution is -2.49. The lowest BCUT2D eigenvalue weighted by atomic mass is 10.1. The van der Waals surface area contributed by atoms with E-state index in [9.17, 15) is 8.42 Å². The summed E-state index contributed by atoms with van der Waals surface area (Å²) in [5, 5.41) is 6.64. The Bertz CT molecular complexity index is 1330. The zero-order chi connectivity index (χ0) is 25.1. The van der Waals surface area contributed by atoms with Crippen LogP contribution in [0.4, 0.5) is 15.9 Å². The Morgan fingerprint density at radius 1 is 1.16 bits per heavy atom. The van der Waals surface area contributed by atoms with E-state index in [0.717, 1.165) is 13.1 Å². The van der Waals surface area contributed by atoms with E-state index in [-0.39, 0.29) is 31.2 Å². The molecule has 3 aromatic rings. The van der Waals surface area contributed by atoms with Gasteiger partial charge in [0.2, 0.25) is 10.0 Å². The van der Waals surface area contributed by atoms with Crippen LogP contribution < -0.4 is 15.5 Å². The molecule has 4 heterocycles. The molecule has 10 nitrogen and oxygen atoms in total. The summed E-state index contributed by atoms with van der Waals surface area (Å²) >= 11 is 0. The smallest absolute Gasteiger partial charge is 0.213 e. The topological polar surface area (TPSA) is 113 Å². The molecular weight excluding hydrogens is 517 g/mol. The van der Waals surface area contributed by atoms with Crippen LogP contribution >= 0.6 is 13.5 Å². The summed E-state index contributed by atoms with van der Waals surface area (Å²) in [7, 11) is -3.24. The minimum atomic E-state index is -3.24. The second-order valence-electron chi connectivity index (χ2n) is 8.81. The number of sulfonamides is 1. The van der Waals surface area contributed by atoms with Crippen molar-refractivity contribution >= 4 is 46.1 Å². The lowest BCUT2D eigenvalue weighted by molar-refractivity contribution is 0.0372. The number of rotatable bonds is 7. The first-order chi connectivity index (χ1) is 17.4. The van der Waals surface area contributed by atoms with E-state index in [1.807, 2.05) is 11.0 Å². The number of pyridine rings is 1. The SMILES string of the molecule is CCS(=O)(=O)N1CCN(c2ccc(-c3cc4nccnc4c(NC[C@@H]4CNCCO4)n3)cc2F)CC1.S. The number of hydrogen-bond acceptors (Lipinski definition) is 9. The largest absolute Gasteiger partial charge is 0.374 e. The van der Waals surface area contributed by atoms with Gasteiger partial charge in [-0.25, -0.2) is 22.8 Å². The van der Waals surface area contributed by atoms with Crippen molar-refractivity contribution in [2.75, 3.05) is 68.4 Å². The highest BCUT2D eigenvalue weighted by atomic mass is 32.2. The molecule has 2 fully saturated rings. The average molecular weight is 550 g/mol. The summed E-state index contributed by atoms with van der Waals surface area (Å²) in [5.74, 6) is 0.264. The van der Waals surface area contributed by atoms with Crippen LogP contribution in [0.15, 0.2) is 36.7 Å². The van der Waals surface area contributed by atoms with Crippen molar-refractivity contribution in [3.05, 3.63) is 42.5 Å². The van der Waals surface area contributed by atoms with E-state index in [4.69, 9.17) is 9.72 Å². The van der Waals surface area contributed by atoms with E-state index in [0.29, 0.717) is 73.1 Å². The van der Waals surface area contributed by atoms with Gasteiger partial charge in [-0.05, 0) is 25.1 Å². The fourth-order valence-electron chi connectivity index (χ4n) is 4.52. The maximum atomic E-state index is 15.3. The van der Waals surface area contributed by atoms with Crippen molar-refractivity contribution < 1.29 is 17.5 Å². The van der Waals surface area contributed by atoms with Gasteiger partial charge in [-0.3, -0.25) is 4.98 Å². The molecule has 13 heteroatoms. The first kappa shape index (κ1) is 27.5. The molecule has 2 N–H and O–H groups in total.